The van der Waals surface area contributed by atoms with Crippen LogP contribution in [0.25, 0.3) is 0 Å². The van der Waals surface area contributed by atoms with Crippen LogP contribution in [-0.4, -0.2) is 43.2 Å². The molecular weight excluding hydrogens is 259 g/mol. The summed E-state index contributed by atoms with van der Waals surface area (Å²) in [6, 6.07) is 1.06. The third-order valence-electron chi connectivity index (χ3n) is 4.11. The summed E-state index contributed by atoms with van der Waals surface area (Å²) in [5.41, 5.74) is -4.82. The summed E-state index contributed by atoms with van der Waals surface area (Å²) in [5.74, 6) is 0. The van der Waals surface area contributed by atoms with E-state index in [2.05, 4.69) is 0 Å². The molecule has 0 aromatic carbocycles. The van der Waals surface area contributed by atoms with E-state index < -0.39 is 41.0 Å². The molecule has 2 fully saturated rings. The second kappa shape index (κ2) is 3.53. The maximum Gasteiger partial charge on any atom is 0.330 e. The minimum absolute atomic E-state index is 0.208. The van der Waals surface area contributed by atoms with Crippen LogP contribution in [-0.2, 0) is 4.74 Å². The Hall–Kier alpha value is -1.51. The van der Waals surface area contributed by atoms with Crippen LogP contribution >= 0.6 is 0 Å². The molecule has 0 spiro atoms. The van der Waals surface area contributed by atoms with Gasteiger partial charge in [0.25, 0.3) is 5.56 Å². The molecule has 5 unspecified atom stereocenters. The highest BCUT2D eigenvalue weighted by molar-refractivity contribution is 5.34. The van der Waals surface area contributed by atoms with Crippen molar-refractivity contribution >= 4 is 0 Å². The molecule has 3 rings (SSSR count). The van der Waals surface area contributed by atoms with Crippen LogP contribution < -0.4 is 11.2 Å². The SMILES string of the molecule is CCC12OC(n3ccc(=O)[nH]c3=O)C(F)C1(O)C2O. The molecule has 3 N–H and O–H groups in total. The van der Waals surface area contributed by atoms with Crippen LogP contribution in [0.3, 0.4) is 0 Å². The number of hydrogen-bond donors (Lipinski definition) is 3. The Morgan fingerprint density at radius 3 is 2.79 bits per heavy atom. The number of aliphatic hydroxyl groups is 2. The Bertz CT molecular complexity index is 638. The first-order valence-corrected chi connectivity index (χ1v) is 5.92. The highest BCUT2D eigenvalue weighted by atomic mass is 19.1. The molecule has 1 saturated carbocycles. The third-order valence-corrected chi connectivity index (χ3v) is 4.11. The smallest absolute Gasteiger partial charge is 0.330 e. The first-order chi connectivity index (χ1) is 8.88. The zero-order valence-electron chi connectivity index (χ0n) is 10.0. The zero-order chi connectivity index (χ0) is 14.0. The largest absolute Gasteiger partial charge is 0.387 e. The van der Waals surface area contributed by atoms with E-state index in [1.807, 2.05) is 4.98 Å². The number of hydrogen-bond acceptors (Lipinski definition) is 5. The minimum Gasteiger partial charge on any atom is -0.387 e. The van der Waals surface area contributed by atoms with E-state index in [-0.39, 0.29) is 6.42 Å². The number of nitrogens with one attached hydrogen (secondary N) is 1. The highest BCUT2D eigenvalue weighted by Crippen LogP contribution is 2.64. The second-order valence-electron chi connectivity index (χ2n) is 4.90. The fraction of sp³-hybridized carbons (Fsp3) is 0.636. The van der Waals surface area contributed by atoms with Crippen molar-refractivity contribution in [2.45, 2.75) is 43.1 Å². The summed E-state index contributed by atoms with van der Waals surface area (Å²) in [6.45, 7) is 1.64. The van der Waals surface area contributed by atoms with Crippen molar-refractivity contribution in [1.82, 2.24) is 9.55 Å². The number of fused-ring (bicyclic) bond motifs is 1. The summed E-state index contributed by atoms with van der Waals surface area (Å²) >= 11 is 0. The summed E-state index contributed by atoms with van der Waals surface area (Å²) in [4.78, 5) is 24.5. The van der Waals surface area contributed by atoms with E-state index >= 15 is 0 Å². The van der Waals surface area contributed by atoms with Gasteiger partial charge in [-0.1, -0.05) is 6.92 Å². The number of aromatic amines is 1. The third kappa shape index (κ3) is 1.26. The number of alkyl halides is 1. The standard InChI is InChI=1S/C11H13FN2O5/c1-2-10-8(16)11(10,18)6(12)7(19-10)14-4-3-5(15)13-9(14)17/h3-4,6-8,16,18H,2H2,1H3,(H,13,15,17). The Morgan fingerprint density at radius 2 is 2.26 bits per heavy atom. The number of nitrogens with zero attached hydrogens (tertiary/aromatic N) is 1. The van der Waals surface area contributed by atoms with Crippen LogP contribution in [0.2, 0.25) is 0 Å². The monoisotopic (exact) mass is 272 g/mol. The molecule has 1 aromatic rings. The summed E-state index contributed by atoms with van der Waals surface area (Å²) < 4.78 is 20.5. The first kappa shape index (κ1) is 12.5. The number of H-pyrrole nitrogens is 1. The van der Waals surface area contributed by atoms with Gasteiger partial charge in [-0.05, 0) is 6.42 Å². The Kier molecular flexibility index (Phi) is 2.32. The lowest BCUT2D eigenvalue weighted by Gasteiger charge is -2.21. The van der Waals surface area contributed by atoms with Crippen molar-refractivity contribution in [3.05, 3.63) is 33.1 Å². The molecule has 7 nitrogen and oxygen atoms in total. The van der Waals surface area contributed by atoms with Gasteiger partial charge in [-0.25, -0.2) is 9.18 Å². The van der Waals surface area contributed by atoms with E-state index in [4.69, 9.17) is 4.74 Å². The van der Waals surface area contributed by atoms with Crippen LogP contribution in [0.15, 0.2) is 21.9 Å². The number of halogens is 1. The zero-order valence-corrected chi connectivity index (χ0v) is 10.0. The van der Waals surface area contributed by atoms with E-state index in [9.17, 15) is 24.2 Å². The normalized spacial score (nSPS) is 44.1. The Balaban J connectivity index is 2.02. The van der Waals surface area contributed by atoms with Gasteiger partial charge in [0.1, 0.15) is 11.7 Å². The molecule has 104 valence electrons. The summed E-state index contributed by atoms with van der Waals surface area (Å²) in [7, 11) is 0. The van der Waals surface area contributed by atoms with E-state index in [0.717, 1.165) is 16.8 Å². The van der Waals surface area contributed by atoms with E-state index in [0.29, 0.717) is 0 Å². The molecule has 5 atom stereocenters. The van der Waals surface area contributed by atoms with Gasteiger partial charge in [-0.15, -0.1) is 0 Å². The van der Waals surface area contributed by atoms with Gasteiger partial charge in [0.2, 0.25) is 0 Å². The number of ether oxygens (including phenoxy) is 1. The quantitative estimate of drug-likeness (QED) is 0.618. The van der Waals surface area contributed by atoms with Crippen molar-refractivity contribution in [1.29, 1.82) is 0 Å². The molecular formula is C11H13FN2O5. The van der Waals surface area contributed by atoms with Crippen molar-refractivity contribution in [2.75, 3.05) is 0 Å². The minimum atomic E-state index is -2.00. The van der Waals surface area contributed by atoms with Gasteiger partial charge >= 0.3 is 5.69 Å². The van der Waals surface area contributed by atoms with Crippen LogP contribution in [0, 0.1) is 0 Å². The van der Waals surface area contributed by atoms with Gasteiger partial charge in [0.05, 0.1) is 0 Å². The molecule has 0 radical (unpaired) electrons. The van der Waals surface area contributed by atoms with Gasteiger partial charge in [0, 0.05) is 12.3 Å². The second-order valence-corrected chi connectivity index (χ2v) is 4.90. The molecule has 0 amide bonds. The molecule has 1 saturated heterocycles. The topological polar surface area (TPSA) is 105 Å². The average Bonchev–Trinajstić information content (AvgIpc) is 2.73. The van der Waals surface area contributed by atoms with E-state index in [1.165, 1.54) is 0 Å². The fourth-order valence-corrected chi connectivity index (χ4v) is 2.92. The number of rotatable bonds is 2. The number of aromatic nitrogens is 2. The van der Waals surface area contributed by atoms with Gasteiger partial charge in [0.15, 0.2) is 18.0 Å². The van der Waals surface area contributed by atoms with Gasteiger partial charge in [-0.3, -0.25) is 14.3 Å². The molecule has 2 heterocycles. The maximum atomic E-state index is 14.3. The van der Waals surface area contributed by atoms with Crippen molar-refractivity contribution < 1.29 is 19.3 Å². The predicted molar refractivity (Wildman–Crippen MR) is 60.3 cm³/mol. The number of aliphatic hydroxyl groups excluding tert-OH is 1. The first-order valence-electron chi connectivity index (χ1n) is 5.92. The molecule has 2 aliphatic rings. The van der Waals surface area contributed by atoms with Crippen molar-refractivity contribution in [2.24, 2.45) is 0 Å². The van der Waals surface area contributed by atoms with E-state index in [1.54, 1.807) is 6.92 Å². The van der Waals surface area contributed by atoms with Crippen LogP contribution in [0.4, 0.5) is 4.39 Å². The summed E-state index contributed by atoms with van der Waals surface area (Å²) in [5, 5.41) is 19.7. The molecule has 8 heteroatoms. The lowest BCUT2D eigenvalue weighted by molar-refractivity contribution is -0.0942. The van der Waals surface area contributed by atoms with Crippen LogP contribution in [0.5, 0.6) is 0 Å². The van der Waals surface area contributed by atoms with Crippen molar-refractivity contribution in [3.63, 3.8) is 0 Å². The predicted octanol–water partition coefficient (Wildman–Crippen LogP) is -1.34. The maximum absolute atomic E-state index is 14.3. The molecule has 1 aliphatic carbocycles. The van der Waals surface area contributed by atoms with Crippen LogP contribution in [0.1, 0.15) is 19.6 Å². The van der Waals surface area contributed by atoms with Gasteiger partial charge < -0.3 is 14.9 Å². The highest BCUT2D eigenvalue weighted by Gasteiger charge is 2.87. The molecule has 0 bridgehead atoms. The Labute approximate surface area is 106 Å². The molecule has 1 aromatic heterocycles. The molecule has 19 heavy (non-hydrogen) atoms. The Morgan fingerprint density at radius 1 is 1.58 bits per heavy atom. The lowest BCUT2D eigenvalue weighted by atomic mass is 10.1. The average molecular weight is 272 g/mol. The fourth-order valence-electron chi connectivity index (χ4n) is 2.92. The molecule has 1 aliphatic heterocycles. The summed E-state index contributed by atoms with van der Waals surface area (Å²) in [6.07, 6.45) is -3.32. The lowest BCUT2D eigenvalue weighted by Crippen LogP contribution is -2.39. The van der Waals surface area contributed by atoms with Crippen molar-refractivity contribution in [3.8, 4) is 0 Å². The van der Waals surface area contributed by atoms with Gasteiger partial charge in [-0.2, -0.15) is 0 Å².